The minimum Gasteiger partial charge on any atom is -0.349 e. The van der Waals surface area contributed by atoms with Crippen LogP contribution in [0, 0.1) is 25.5 Å². The summed E-state index contributed by atoms with van der Waals surface area (Å²) in [6.07, 6.45) is 0. The average molecular weight is 335 g/mol. The first-order valence-corrected chi connectivity index (χ1v) is 8.29. The number of hydrogen-bond acceptors (Lipinski definition) is 2. The maximum absolute atomic E-state index is 13.7. The second-order valence-electron chi connectivity index (χ2n) is 5.51. The van der Waals surface area contributed by atoms with E-state index in [2.05, 4.69) is 5.32 Å². The number of carbonyl (C=O) groups is 1. The van der Waals surface area contributed by atoms with Gasteiger partial charge in [-0.25, -0.2) is 8.78 Å². The number of nitrogens with one attached hydrogen (secondary N) is 1. The summed E-state index contributed by atoms with van der Waals surface area (Å²) in [7, 11) is 0. The molecule has 1 amide bonds. The third-order valence-corrected chi connectivity index (χ3v) is 4.67. The zero-order valence-corrected chi connectivity index (χ0v) is 14.1. The lowest BCUT2D eigenvalue weighted by molar-refractivity contribution is -0.119. The molecule has 1 atom stereocenters. The molecule has 0 aliphatic heterocycles. The van der Waals surface area contributed by atoms with E-state index < -0.39 is 17.7 Å². The lowest BCUT2D eigenvalue weighted by Gasteiger charge is -2.15. The van der Waals surface area contributed by atoms with Crippen LogP contribution in [0.5, 0.6) is 0 Å². The topological polar surface area (TPSA) is 29.1 Å². The molecule has 1 N–H and O–H groups in total. The van der Waals surface area contributed by atoms with Gasteiger partial charge in [-0.2, -0.15) is 0 Å². The Morgan fingerprint density at radius 1 is 1.17 bits per heavy atom. The quantitative estimate of drug-likeness (QED) is 0.812. The largest absolute Gasteiger partial charge is 0.349 e. The van der Waals surface area contributed by atoms with Crippen LogP contribution in [-0.4, -0.2) is 11.7 Å². The van der Waals surface area contributed by atoms with Crippen molar-refractivity contribution in [1.29, 1.82) is 0 Å². The number of rotatable bonds is 5. The highest BCUT2D eigenvalue weighted by atomic mass is 32.2. The molecule has 23 heavy (non-hydrogen) atoms. The lowest BCUT2D eigenvalue weighted by Crippen LogP contribution is -2.28. The first-order chi connectivity index (χ1) is 10.9. The summed E-state index contributed by atoms with van der Waals surface area (Å²) in [5.41, 5.74) is 2.53. The molecule has 122 valence electrons. The maximum atomic E-state index is 13.7. The second kappa shape index (κ2) is 7.59. The number of carbonyl (C=O) groups excluding carboxylic acids is 1. The monoisotopic (exact) mass is 335 g/mol. The van der Waals surface area contributed by atoms with Crippen LogP contribution < -0.4 is 5.32 Å². The van der Waals surface area contributed by atoms with Gasteiger partial charge < -0.3 is 5.32 Å². The van der Waals surface area contributed by atoms with Gasteiger partial charge >= 0.3 is 0 Å². The molecule has 2 aromatic rings. The number of thioether (sulfide) groups is 1. The van der Waals surface area contributed by atoms with Crippen molar-refractivity contribution >= 4 is 17.7 Å². The number of aryl methyl sites for hydroxylation is 2. The van der Waals surface area contributed by atoms with Gasteiger partial charge in [0.1, 0.15) is 11.6 Å². The molecule has 0 radical (unpaired) electrons. The summed E-state index contributed by atoms with van der Waals surface area (Å²) >= 11 is 1.45. The van der Waals surface area contributed by atoms with E-state index in [-0.39, 0.29) is 17.2 Å². The summed E-state index contributed by atoms with van der Waals surface area (Å²) < 4.78 is 26.6. The Balaban J connectivity index is 1.95. The van der Waals surface area contributed by atoms with Gasteiger partial charge in [-0.05, 0) is 38.5 Å². The van der Waals surface area contributed by atoms with Crippen LogP contribution in [0.3, 0.4) is 0 Å². The van der Waals surface area contributed by atoms with Gasteiger partial charge in [0, 0.05) is 16.5 Å². The maximum Gasteiger partial charge on any atom is 0.230 e. The molecule has 0 aliphatic carbocycles. The van der Waals surface area contributed by atoms with Gasteiger partial charge in [0.15, 0.2) is 0 Å². The van der Waals surface area contributed by atoms with Crippen LogP contribution in [0.1, 0.15) is 29.7 Å². The molecule has 0 aromatic heterocycles. The average Bonchev–Trinajstić information content (AvgIpc) is 2.48. The first kappa shape index (κ1) is 17.5. The van der Waals surface area contributed by atoms with E-state index in [1.807, 2.05) is 32.0 Å². The van der Waals surface area contributed by atoms with Crippen molar-refractivity contribution in [2.75, 3.05) is 5.75 Å². The molecule has 0 heterocycles. The molecule has 0 saturated carbocycles. The van der Waals surface area contributed by atoms with Crippen LogP contribution >= 0.6 is 11.8 Å². The predicted octanol–water partition coefficient (Wildman–Crippen LogP) is 4.55. The Bertz CT molecular complexity index is 718. The Labute approximate surface area is 139 Å². The lowest BCUT2D eigenvalue weighted by atomic mass is 10.1. The van der Waals surface area contributed by atoms with Crippen LogP contribution in [0.15, 0.2) is 41.3 Å². The van der Waals surface area contributed by atoms with E-state index in [0.717, 1.165) is 22.1 Å². The molecule has 1 unspecified atom stereocenters. The molecule has 2 nitrogen and oxygen atoms in total. The third-order valence-electron chi connectivity index (χ3n) is 3.51. The number of amides is 1. The van der Waals surface area contributed by atoms with Crippen LogP contribution in [0.25, 0.3) is 0 Å². The molecular formula is C18H19F2NOS. The summed E-state index contributed by atoms with van der Waals surface area (Å²) in [4.78, 5) is 13.1. The fraction of sp³-hybridized carbons (Fsp3) is 0.278. The smallest absolute Gasteiger partial charge is 0.230 e. The highest BCUT2D eigenvalue weighted by molar-refractivity contribution is 8.00. The molecule has 0 saturated heterocycles. The standard InChI is InChI=1S/C18H19F2NOS/c1-11-4-5-12(2)17(8-11)23-10-18(22)21-13(3)15-7-6-14(19)9-16(15)20/h4-9,13H,10H2,1-3H3,(H,21,22). The van der Waals surface area contributed by atoms with Gasteiger partial charge in [0.05, 0.1) is 11.8 Å². The molecular weight excluding hydrogens is 316 g/mol. The molecule has 0 bridgehead atoms. The molecule has 5 heteroatoms. The van der Waals surface area contributed by atoms with Crippen molar-refractivity contribution in [2.24, 2.45) is 0 Å². The summed E-state index contributed by atoms with van der Waals surface area (Å²) in [6.45, 7) is 5.68. The van der Waals surface area contributed by atoms with Crippen molar-refractivity contribution in [1.82, 2.24) is 5.32 Å². The molecule has 0 fully saturated rings. The fourth-order valence-corrected chi connectivity index (χ4v) is 3.15. The van der Waals surface area contributed by atoms with Gasteiger partial charge in [0.25, 0.3) is 0 Å². The van der Waals surface area contributed by atoms with Crippen LogP contribution in [0.4, 0.5) is 8.78 Å². The molecule has 2 rings (SSSR count). The van der Waals surface area contributed by atoms with Crippen molar-refractivity contribution in [2.45, 2.75) is 31.7 Å². The van der Waals surface area contributed by atoms with E-state index in [1.54, 1.807) is 6.92 Å². The van der Waals surface area contributed by atoms with E-state index in [4.69, 9.17) is 0 Å². The number of halogens is 2. The van der Waals surface area contributed by atoms with Crippen molar-refractivity contribution < 1.29 is 13.6 Å². The van der Waals surface area contributed by atoms with Gasteiger partial charge in [0.2, 0.25) is 5.91 Å². The number of hydrogen-bond donors (Lipinski definition) is 1. The van der Waals surface area contributed by atoms with E-state index in [0.29, 0.717) is 0 Å². The van der Waals surface area contributed by atoms with Gasteiger partial charge in [-0.15, -0.1) is 11.8 Å². The second-order valence-corrected chi connectivity index (χ2v) is 6.53. The van der Waals surface area contributed by atoms with Gasteiger partial charge in [-0.3, -0.25) is 4.79 Å². The van der Waals surface area contributed by atoms with Crippen LogP contribution in [0.2, 0.25) is 0 Å². The molecule has 0 spiro atoms. The molecule has 2 aromatic carbocycles. The Morgan fingerprint density at radius 3 is 2.61 bits per heavy atom. The third kappa shape index (κ3) is 4.79. The highest BCUT2D eigenvalue weighted by Crippen LogP contribution is 2.24. The minimum atomic E-state index is -0.653. The fourth-order valence-electron chi connectivity index (χ4n) is 2.22. The van der Waals surface area contributed by atoms with E-state index in [1.165, 1.54) is 23.9 Å². The highest BCUT2D eigenvalue weighted by Gasteiger charge is 2.14. The predicted molar refractivity (Wildman–Crippen MR) is 89.6 cm³/mol. The summed E-state index contributed by atoms with van der Waals surface area (Å²) in [6, 6.07) is 8.94. The summed E-state index contributed by atoms with van der Waals surface area (Å²) in [5.74, 6) is -1.22. The SMILES string of the molecule is Cc1ccc(C)c(SCC(=O)NC(C)c2ccc(F)cc2F)c1. The van der Waals surface area contributed by atoms with E-state index >= 15 is 0 Å². The van der Waals surface area contributed by atoms with Crippen molar-refractivity contribution in [3.8, 4) is 0 Å². The van der Waals surface area contributed by atoms with Gasteiger partial charge in [-0.1, -0.05) is 23.8 Å². The Hall–Kier alpha value is -1.88. The van der Waals surface area contributed by atoms with Crippen LogP contribution in [-0.2, 0) is 4.79 Å². The van der Waals surface area contributed by atoms with Crippen molar-refractivity contribution in [3.63, 3.8) is 0 Å². The number of benzene rings is 2. The Kier molecular flexibility index (Phi) is 5.77. The zero-order valence-electron chi connectivity index (χ0n) is 13.3. The Morgan fingerprint density at radius 2 is 1.91 bits per heavy atom. The zero-order chi connectivity index (χ0) is 17.0. The van der Waals surface area contributed by atoms with Crippen molar-refractivity contribution in [3.05, 3.63) is 64.7 Å². The summed E-state index contributed by atoms with van der Waals surface area (Å²) in [5, 5.41) is 2.74. The molecule has 0 aliphatic rings. The van der Waals surface area contributed by atoms with E-state index in [9.17, 15) is 13.6 Å². The minimum absolute atomic E-state index is 0.188. The normalized spacial score (nSPS) is 12.0. The first-order valence-electron chi connectivity index (χ1n) is 7.31.